The molecule has 0 unspecified atom stereocenters. The lowest BCUT2D eigenvalue weighted by Gasteiger charge is -2.25. The number of halogens is 1. The van der Waals surface area contributed by atoms with E-state index in [0.717, 1.165) is 24.0 Å². The largest absolute Gasteiger partial charge is 0.346 e. The number of carbonyl (C=O) groups excluding carboxylic acids is 1. The second-order valence-electron chi connectivity index (χ2n) is 4.55. The first-order valence-electron chi connectivity index (χ1n) is 6.25. The third-order valence-electron chi connectivity index (χ3n) is 3.47. The van der Waals surface area contributed by atoms with Gasteiger partial charge in [0.05, 0.1) is 0 Å². The van der Waals surface area contributed by atoms with Crippen molar-refractivity contribution >= 4 is 34.1 Å². The summed E-state index contributed by atoms with van der Waals surface area (Å²) in [5, 5.41) is 1.13. The number of hydrogen-bond donors (Lipinski definition) is 1. The standard InChI is InChI=1S/C14H14ClN3O/c15-8-13(19)18-6-3-10(4-7-18)12-9-17-14-11(12)2-1-5-16-14/h1-3,5,9H,4,6-8H2,(H,16,17). The number of alkyl halides is 1. The lowest BCUT2D eigenvalue weighted by Crippen LogP contribution is -2.35. The summed E-state index contributed by atoms with van der Waals surface area (Å²) >= 11 is 5.57. The average molecular weight is 276 g/mol. The summed E-state index contributed by atoms with van der Waals surface area (Å²) in [5.74, 6) is 0.0535. The number of nitrogens with zero attached hydrogens (tertiary/aromatic N) is 2. The van der Waals surface area contributed by atoms with Crippen LogP contribution in [0, 0.1) is 0 Å². The maximum Gasteiger partial charge on any atom is 0.237 e. The molecule has 2 aromatic heterocycles. The van der Waals surface area contributed by atoms with Crippen LogP contribution in [-0.2, 0) is 4.79 Å². The molecule has 3 heterocycles. The van der Waals surface area contributed by atoms with E-state index in [0.29, 0.717) is 6.54 Å². The molecule has 0 saturated heterocycles. The zero-order valence-corrected chi connectivity index (χ0v) is 11.2. The second-order valence-corrected chi connectivity index (χ2v) is 4.82. The molecule has 0 radical (unpaired) electrons. The average Bonchev–Trinajstić information content (AvgIpc) is 2.90. The van der Waals surface area contributed by atoms with Crippen LogP contribution in [0.3, 0.4) is 0 Å². The number of aromatic amines is 1. The lowest BCUT2D eigenvalue weighted by atomic mass is 9.99. The first kappa shape index (κ1) is 12.2. The van der Waals surface area contributed by atoms with Gasteiger partial charge in [0.15, 0.2) is 0 Å². The van der Waals surface area contributed by atoms with E-state index in [1.807, 2.05) is 12.3 Å². The number of nitrogens with one attached hydrogen (secondary N) is 1. The monoisotopic (exact) mass is 275 g/mol. The van der Waals surface area contributed by atoms with Crippen LogP contribution in [0.25, 0.3) is 16.6 Å². The molecular weight excluding hydrogens is 262 g/mol. The van der Waals surface area contributed by atoms with Gasteiger partial charge in [0.2, 0.25) is 5.91 Å². The van der Waals surface area contributed by atoms with E-state index in [4.69, 9.17) is 11.6 Å². The van der Waals surface area contributed by atoms with E-state index in [2.05, 4.69) is 22.1 Å². The molecule has 3 rings (SSSR count). The number of fused-ring (bicyclic) bond motifs is 1. The molecule has 0 aliphatic carbocycles. The molecule has 0 spiro atoms. The smallest absolute Gasteiger partial charge is 0.237 e. The summed E-state index contributed by atoms with van der Waals surface area (Å²) in [6.07, 6.45) is 6.72. The van der Waals surface area contributed by atoms with Crippen LogP contribution >= 0.6 is 11.6 Å². The molecule has 1 N–H and O–H groups in total. The Labute approximate surface area is 116 Å². The van der Waals surface area contributed by atoms with Gasteiger partial charge in [0, 0.05) is 36.4 Å². The van der Waals surface area contributed by atoms with Gasteiger partial charge < -0.3 is 9.88 Å². The summed E-state index contributed by atoms with van der Waals surface area (Å²) < 4.78 is 0. The SMILES string of the molecule is O=C(CCl)N1CC=C(c2c[nH]c3ncccc23)CC1. The van der Waals surface area contributed by atoms with Crippen LogP contribution in [0.1, 0.15) is 12.0 Å². The van der Waals surface area contributed by atoms with Gasteiger partial charge in [-0.25, -0.2) is 4.98 Å². The molecule has 19 heavy (non-hydrogen) atoms. The minimum Gasteiger partial charge on any atom is -0.346 e. The molecule has 1 aliphatic rings. The highest BCUT2D eigenvalue weighted by Crippen LogP contribution is 2.28. The lowest BCUT2D eigenvalue weighted by molar-refractivity contribution is -0.128. The summed E-state index contributed by atoms with van der Waals surface area (Å²) in [6.45, 7) is 1.36. The summed E-state index contributed by atoms with van der Waals surface area (Å²) in [4.78, 5) is 20.8. The number of rotatable bonds is 2. The van der Waals surface area contributed by atoms with Crippen LogP contribution in [0.2, 0.25) is 0 Å². The fourth-order valence-corrected chi connectivity index (χ4v) is 2.62. The molecule has 0 aromatic carbocycles. The highest BCUT2D eigenvalue weighted by atomic mass is 35.5. The first-order chi connectivity index (χ1) is 9.29. The van der Waals surface area contributed by atoms with E-state index in [9.17, 15) is 4.79 Å². The van der Waals surface area contributed by atoms with Crippen molar-refractivity contribution in [2.24, 2.45) is 0 Å². The number of amides is 1. The van der Waals surface area contributed by atoms with Crippen molar-refractivity contribution in [3.8, 4) is 0 Å². The number of aromatic nitrogens is 2. The van der Waals surface area contributed by atoms with Crippen LogP contribution in [-0.4, -0.2) is 39.7 Å². The van der Waals surface area contributed by atoms with Gasteiger partial charge in [0.1, 0.15) is 11.5 Å². The van der Waals surface area contributed by atoms with Gasteiger partial charge in [-0.15, -0.1) is 11.6 Å². The highest BCUT2D eigenvalue weighted by molar-refractivity contribution is 6.27. The van der Waals surface area contributed by atoms with Crippen LogP contribution in [0.15, 0.2) is 30.6 Å². The maximum atomic E-state index is 11.5. The first-order valence-corrected chi connectivity index (χ1v) is 6.78. The van der Waals surface area contributed by atoms with Gasteiger partial charge in [-0.2, -0.15) is 0 Å². The number of carbonyl (C=O) groups is 1. The van der Waals surface area contributed by atoms with Crippen molar-refractivity contribution < 1.29 is 4.79 Å². The maximum absolute atomic E-state index is 11.5. The van der Waals surface area contributed by atoms with Crippen LogP contribution in [0.4, 0.5) is 0 Å². The number of pyridine rings is 1. The van der Waals surface area contributed by atoms with E-state index in [1.54, 1.807) is 11.1 Å². The van der Waals surface area contributed by atoms with Crippen LogP contribution < -0.4 is 0 Å². The zero-order valence-electron chi connectivity index (χ0n) is 10.4. The van der Waals surface area contributed by atoms with Crippen molar-refractivity contribution in [3.05, 3.63) is 36.2 Å². The third kappa shape index (κ3) is 2.24. The second kappa shape index (κ2) is 5.05. The van der Waals surface area contributed by atoms with Gasteiger partial charge in [-0.1, -0.05) is 6.08 Å². The number of H-pyrrole nitrogens is 1. The Hall–Kier alpha value is -1.81. The molecule has 4 nitrogen and oxygen atoms in total. The summed E-state index contributed by atoms with van der Waals surface area (Å²) in [6, 6.07) is 4.00. The van der Waals surface area contributed by atoms with Crippen LogP contribution in [0.5, 0.6) is 0 Å². The van der Waals surface area contributed by atoms with Crippen molar-refractivity contribution in [2.45, 2.75) is 6.42 Å². The van der Waals surface area contributed by atoms with Crippen molar-refractivity contribution in [3.63, 3.8) is 0 Å². The Balaban J connectivity index is 1.88. The third-order valence-corrected chi connectivity index (χ3v) is 3.70. The molecular formula is C14H14ClN3O. The normalized spacial score (nSPS) is 15.6. The molecule has 0 atom stereocenters. The van der Waals surface area contributed by atoms with Gasteiger partial charge in [0.25, 0.3) is 0 Å². The molecule has 0 saturated carbocycles. The van der Waals surface area contributed by atoms with E-state index >= 15 is 0 Å². The Morgan fingerprint density at radius 1 is 1.53 bits per heavy atom. The molecule has 2 aromatic rings. The zero-order chi connectivity index (χ0) is 13.2. The Bertz CT molecular complexity index is 647. The predicted molar refractivity (Wildman–Crippen MR) is 76.0 cm³/mol. The minimum absolute atomic E-state index is 0.00226. The molecule has 5 heteroatoms. The summed E-state index contributed by atoms with van der Waals surface area (Å²) in [5.41, 5.74) is 3.34. The summed E-state index contributed by atoms with van der Waals surface area (Å²) in [7, 11) is 0. The fraction of sp³-hybridized carbons (Fsp3) is 0.286. The van der Waals surface area contributed by atoms with Gasteiger partial charge >= 0.3 is 0 Å². The topological polar surface area (TPSA) is 49.0 Å². The molecule has 98 valence electrons. The minimum atomic E-state index is -0.00226. The van der Waals surface area contributed by atoms with E-state index < -0.39 is 0 Å². The van der Waals surface area contributed by atoms with Gasteiger partial charge in [-0.05, 0) is 24.1 Å². The fourth-order valence-electron chi connectivity index (χ4n) is 2.45. The van der Waals surface area contributed by atoms with Gasteiger partial charge in [-0.3, -0.25) is 4.79 Å². The molecule has 1 aliphatic heterocycles. The Kier molecular flexibility index (Phi) is 3.25. The van der Waals surface area contributed by atoms with Crippen molar-refractivity contribution in [2.75, 3.05) is 19.0 Å². The predicted octanol–water partition coefficient (Wildman–Crippen LogP) is 2.42. The van der Waals surface area contributed by atoms with Crippen molar-refractivity contribution in [1.29, 1.82) is 0 Å². The number of hydrogen-bond acceptors (Lipinski definition) is 2. The molecule has 1 amide bonds. The Morgan fingerprint density at radius 2 is 2.42 bits per heavy atom. The quantitative estimate of drug-likeness (QED) is 0.856. The van der Waals surface area contributed by atoms with E-state index in [-0.39, 0.29) is 11.8 Å². The molecule has 0 bridgehead atoms. The molecule has 0 fully saturated rings. The Morgan fingerprint density at radius 3 is 3.16 bits per heavy atom. The van der Waals surface area contributed by atoms with E-state index in [1.165, 1.54) is 11.1 Å². The highest BCUT2D eigenvalue weighted by Gasteiger charge is 2.18. The van der Waals surface area contributed by atoms with Crippen molar-refractivity contribution in [1.82, 2.24) is 14.9 Å².